The number of sulfonamides is 1. The highest BCUT2D eigenvalue weighted by molar-refractivity contribution is 7.89. The van der Waals surface area contributed by atoms with Crippen molar-refractivity contribution in [2.75, 3.05) is 32.0 Å². The molecule has 0 aromatic rings. The number of piperidine rings is 1. The SMILES string of the molecule is O=S(=O)(CC1CCNCC1)NCC1CCCO1. The van der Waals surface area contributed by atoms with Crippen molar-refractivity contribution < 1.29 is 13.2 Å². The summed E-state index contributed by atoms with van der Waals surface area (Å²) in [5, 5.41) is 3.24. The third-order valence-corrected chi connectivity index (χ3v) is 4.99. The molecule has 2 fully saturated rings. The summed E-state index contributed by atoms with van der Waals surface area (Å²) in [4.78, 5) is 0. The van der Waals surface area contributed by atoms with Crippen molar-refractivity contribution >= 4 is 10.0 Å². The van der Waals surface area contributed by atoms with E-state index in [2.05, 4.69) is 10.0 Å². The fraction of sp³-hybridized carbons (Fsp3) is 1.00. The van der Waals surface area contributed by atoms with Crippen molar-refractivity contribution in [1.29, 1.82) is 0 Å². The van der Waals surface area contributed by atoms with Gasteiger partial charge >= 0.3 is 0 Å². The first-order chi connectivity index (χ1) is 8.16. The van der Waals surface area contributed by atoms with Gasteiger partial charge in [-0.1, -0.05) is 0 Å². The third kappa shape index (κ3) is 4.54. The van der Waals surface area contributed by atoms with Gasteiger partial charge in [-0.3, -0.25) is 0 Å². The summed E-state index contributed by atoms with van der Waals surface area (Å²) >= 11 is 0. The summed E-state index contributed by atoms with van der Waals surface area (Å²) in [5.74, 6) is 0.569. The van der Waals surface area contributed by atoms with Gasteiger partial charge in [-0.15, -0.1) is 0 Å². The molecule has 0 spiro atoms. The van der Waals surface area contributed by atoms with Gasteiger partial charge in [-0.2, -0.15) is 0 Å². The number of nitrogens with one attached hydrogen (secondary N) is 2. The van der Waals surface area contributed by atoms with E-state index in [1.165, 1.54) is 0 Å². The average molecular weight is 262 g/mol. The van der Waals surface area contributed by atoms with Crippen LogP contribution >= 0.6 is 0 Å². The van der Waals surface area contributed by atoms with Crippen LogP contribution in [0.5, 0.6) is 0 Å². The molecular weight excluding hydrogens is 240 g/mol. The molecule has 2 rings (SSSR count). The molecule has 1 unspecified atom stereocenters. The Morgan fingerprint density at radius 2 is 2.00 bits per heavy atom. The highest BCUT2D eigenvalue weighted by Gasteiger charge is 2.23. The molecule has 2 heterocycles. The van der Waals surface area contributed by atoms with E-state index >= 15 is 0 Å². The summed E-state index contributed by atoms with van der Waals surface area (Å²) in [6.45, 7) is 3.08. The highest BCUT2D eigenvalue weighted by atomic mass is 32.2. The van der Waals surface area contributed by atoms with E-state index in [4.69, 9.17) is 4.74 Å². The largest absolute Gasteiger partial charge is 0.377 e. The molecule has 0 saturated carbocycles. The van der Waals surface area contributed by atoms with Crippen LogP contribution in [0, 0.1) is 5.92 Å². The van der Waals surface area contributed by atoms with Gasteiger partial charge in [0.25, 0.3) is 0 Å². The van der Waals surface area contributed by atoms with Crippen LogP contribution < -0.4 is 10.0 Å². The van der Waals surface area contributed by atoms with E-state index in [0.29, 0.717) is 12.5 Å². The summed E-state index contributed by atoms with van der Waals surface area (Å²) in [6, 6.07) is 0. The van der Waals surface area contributed by atoms with Crippen molar-refractivity contribution in [2.45, 2.75) is 31.8 Å². The lowest BCUT2D eigenvalue weighted by Crippen LogP contribution is -2.38. The molecule has 2 N–H and O–H groups in total. The van der Waals surface area contributed by atoms with Crippen LogP contribution in [0.3, 0.4) is 0 Å². The smallest absolute Gasteiger partial charge is 0.211 e. The molecule has 0 aromatic carbocycles. The van der Waals surface area contributed by atoms with Crippen LogP contribution in [0.1, 0.15) is 25.7 Å². The molecule has 0 radical (unpaired) electrons. The zero-order valence-electron chi connectivity index (χ0n) is 10.2. The second-order valence-electron chi connectivity index (χ2n) is 4.96. The van der Waals surface area contributed by atoms with Crippen LogP contribution in [-0.2, 0) is 14.8 Å². The quantitative estimate of drug-likeness (QED) is 0.736. The normalized spacial score (nSPS) is 27.4. The summed E-state index contributed by atoms with van der Waals surface area (Å²) in [7, 11) is -3.13. The molecule has 1 atom stereocenters. The van der Waals surface area contributed by atoms with Gasteiger partial charge in [-0.05, 0) is 44.7 Å². The second-order valence-corrected chi connectivity index (χ2v) is 6.81. The number of rotatable bonds is 5. The van der Waals surface area contributed by atoms with Gasteiger partial charge in [0, 0.05) is 13.2 Å². The second kappa shape index (κ2) is 6.13. The lowest BCUT2D eigenvalue weighted by Gasteiger charge is -2.22. The third-order valence-electron chi connectivity index (χ3n) is 3.47. The first kappa shape index (κ1) is 13.3. The van der Waals surface area contributed by atoms with Crippen LogP contribution in [0.4, 0.5) is 0 Å². The summed E-state index contributed by atoms with van der Waals surface area (Å²) < 4.78 is 31.8. The Morgan fingerprint density at radius 1 is 1.24 bits per heavy atom. The molecule has 100 valence electrons. The van der Waals surface area contributed by atoms with Crippen LogP contribution in [0.25, 0.3) is 0 Å². The minimum absolute atomic E-state index is 0.0813. The Hall–Kier alpha value is -0.170. The Bertz CT molecular complexity index is 320. The number of ether oxygens (including phenoxy) is 1. The van der Waals surface area contributed by atoms with E-state index in [-0.39, 0.29) is 11.9 Å². The fourth-order valence-corrected chi connectivity index (χ4v) is 3.95. The number of hydrogen-bond donors (Lipinski definition) is 2. The molecule has 5 nitrogen and oxygen atoms in total. The lowest BCUT2D eigenvalue weighted by molar-refractivity contribution is 0.114. The molecule has 17 heavy (non-hydrogen) atoms. The molecular formula is C11H22N2O3S. The van der Waals surface area contributed by atoms with Gasteiger partial charge in [0.15, 0.2) is 0 Å². The van der Waals surface area contributed by atoms with Crippen molar-refractivity contribution in [1.82, 2.24) is 10.0 Å². The van der Waals surface area contributed by atoms with E-state index in [1.807, 2.05) is 0 Å². The molecule has 2 aliphatic rings. The fourth-order valence-electron chi connectivity index (χ4n) is 2.44. The maximum atomic E-state index is 11.9. The molecule has 0 aliphatic carbocycles. The molecule has 2 aliphatic heterocycles. The lowest BCUT2D eigenvalue weighted by atomic mass is 10.0. The topological polar surface area (TPSA) is 67.4 Å². The van der Waals surface area contributed by atoms with E-state index < -0.39 is 10.0 Å². The summed E-state index contributed by atoms with van der Waals surface area (Å²) in [5.41, 5.74) is 0. The van der Waals surface area contributed by atoms with E-state index in [1.54, 1.807) is 0 Å². The van der Waals surface area contributed by atoms with Crippen LogP contribution in [0.15, 0.2) is 0 Å². The predicted molar refractivity (Wildman–Crippen MR) is 66.4 cm³/mol. The zero-order valence-corrected chi connectivity index (χ0v) is 11.0. The molecule has 0 aromatic heterocycles. The predicted octanol–water partition coefficient (Wildman–Crippen LogP) is 0.0844. The van der Waals surface area contributed by atoms with Crippen molar-refractivity contribution in [2.24, 2.45) is 5.92 Å². The molecule has 6 heteroatoms. The minimum atomic E-state index is -3.13. The Kier molecular flexibility index (Phi) is 4.78. The van der Waals surface area contributed by atoms with Gasteiger partial charge < -0.3 is 10.1 Å². The minimum Gasteiger partial charge on any atom is -0.377 e. The summed E-state index contributed by atoms with van der Waals surface area (Å²) in [6.07, 6.45) is 4.01. The molecule has 0 bridgehead atoms. The zero-order chi connectivity index (χ0) is 12.1. The van der Waals surface area contributed by atoms with Gasteiger partial charge in [0.05, 0.1) is 11.9 Å². The number of hydrogen-bond acceptors (Lipinski definition) is 4. The van der Waals surface area contributed by atoms with Gasteiger partial charge in [0.1, 0.15) is 0 Å². The highest BCUT2D eigenvalue weighted by Crippen LogP contribution is 2.14. The Balaban J connectivity index is 1.73. The molecule has 0 amide bonds. The van der Waals surface area contributed by atoms with Gasteiger partial charge in [-0.25, -0.2) is 13.1 Å². The maximum Gasteiger partial charge on any atom is 0.211 e. The molecule has 2 saturated heterocycles. The average Bonchev–Trinajstić information content (AvgIpc) is 2.80. The van der Waals surface area contributed by atoms with Crippen molar-refractivity contribution in [3.63, 3.8) is 0 Å². The van der Waals surface area contributed by atoms with Crippen molar-refractivity contribution in [3.8, 4) is 0 Å². The monoisotopic (exact) mass is 262 g/mol. The Labute approximate surface area is 103 Å². The first-order valence-electron chi connectivity index (χ1n) is 6.45. The van der Waals surface area contributed by atoms with Crippen LogP contribution in [0.2, 0.25) is 0 Å². The van der Waals surface area contributed by atoms with Crippen LogP contribution in [-0.4, -0.2) is 46.5 Å². The maximum absolute atomic E-state index is 11.9. The standard InChI is InChI=1S/C11H22N2O3S/c14-17(15,9-10-3-5-12-6-4-10)13-8-11-2-1-7-16-11/h10-13H,1-9H2. The van der Waals surface area contributed by atoms with Crippen molar-refractivity contribution in [3.05, 3.63) is 0 Å². The van der Waals surface area contributed by atoms with E-state index in [9.17, 15) is 8.42 Å². The van der Waals surface area contributed by atoms with E-state index in [0.717, 1.165) is 45.4 Å². The Morgan fingerprint density at radius 3 is 2.65 bits per heavy atom. The van der Waals surface area contributed by atoms with Gasteiger partial charge in [0.2, 0.25) is 10.0 Å². The first-order valence-corrected chi connectivity index (χ1v) is 8.10.